The molecule has 2 amide bonds. The van der Waals surface area contributed by atoms with E-state index in [2.05, 4.69) is 10.6 Å². The van der Waals surface area contributed by atoms with Crippen LogP contribution in [0.15, 0.2) is 24.3 Å². The minimum absolute atomic E-state index is 0.122. The predicted molar refractivity (Wildman–Crippen MR) is 78.8 cm³/mol. The van der Waals surface area contributed by atoms with Crippen molar-refractivity contribution < 1.29 is 14.3 Å². The maximum Gasteiger partial charge on any atom is 0.253 e. The predicted octanol–water partition coefficient (Wildman–Crippen LogP) is 1.23. The van der Waals surface area contributed by atoms with Crippen molar-refractivity contribution in [3.05, 3.63) is 24.3 Å². The second-order valence-electron chi connectivity index (χ2n) is 5.68. The first-order valence-electron chi connectivity index (χ1n) is 7.20. The zero-order chi connectivity index (χ0) is 14.9. The lowest BCUT2D eigenvalue weighted by molar-refractivity contribution is -0.124. The summed E-state index contributed by atoms with van der Waals surface area (Å²) in [6, 6.07) is 6.99. The number of nitrogens with two attached hydrogens (primary N) is 1. The number of ether oxygens (including phenoxy) is 1. The van der Waals surface area contributed by atoms with Gasteiger partial charge >= 0.3 is 0 Å². The molecule has 2 fully saturated rings. The number of rotatable bonds is 4. The van der Waals surface area contributed by atoms with Gasteiger partial charge in [0.15, 0.2) is 0 Å². The van der Waals surface area contributed by atoms with E-state index in [1.54, 1.807) is 24.3 Å². The van der Waals surface area contributed by atoms with Gasteiger partial charge in [-0.2, -0.15) is 0 Å². The Labute approximate surface area is 123 Å². The van der Waals surface area contributed by atoms with Gasteiger partial charge in [-0.05, 0) is 49.9 Å². The molecule has 1 aromatic carbocycles. The average Bonchev–Trinajstić information content (AvgIpc) is 3.02. The molecule has 1 saturated carbocycles. The van der Waals surface area contributed by atoms with Gasteiger partial charge in [-0.1, -0.05) is 0 Å². The Morgan fingerprint density at radius 2 is 1.76 bits per heavy atom. The molecule has 0 bridgehead atoms. The van der Waals surface area contributed by atoms with Crippen LogP contribution in [0.2, 0.25) is 0 Å². The molecule has 2 aliphatic rings. The molecule has 1 saturated heterocycles. The van der Waals surface area contributed by atoms with E-state index in [9.17, 15) is 9.59 Å². The van der Waals surface area contributed by atoms with Crippen LogP contribution in [0.5, 0.6) is 0 Å². The molecule has 21 heavy (non-hydrogen) atoms. The van der Waals surface area contributed by atoms with Crippen LogP contribution in [-0.2, 0) is 14.3 Å². The van der Waals surface area contributed by atoms with E-state index in [0.717, 1.165) is 25.7 Å². The van der Waals surface area contributed by atoms with Gasteiger partial charge in [0.25, 0.3) is 5.91 Å². The van der Waals surface area contributed by atoms with Crippen LogP contribution >= 0.6 is 0 Å². The fourth-order valence-corrected chi connectivity index (χ4v) is 2.26. The smallest absolute Gasteiger partial charge is 0.253 e. The molecule has 1 aliphatic carbocycles. The van der Waals surface area contributed by atoms with Crippen LogP contribution in [0.3, 0.4) is 0 Å². The fourth-order valence-electron chi connectivity index (χ4n) is 2.26. The molecule has 3 rings (SSSR count). The number of amides is 2. The van der Waals surface area contributed by atoms with Crippen molar-refractivity contribution >= 4 is 23.2 Å². The molecule has 0 spiro atoms. The minimum Gasteiger partial charge on any atom is -0.368 e. The summed E-state index contributed by atoms with van der Waals surface area (Å²) in [7, 11) is 0. The third kappa shape index (κ3) is 3.22. The zero-order valence-corrected chi connectivity index (χ0v) is 11.7. The summed E-state index contributed by atoms with van der Waals surface area (Å²) in [5.74, 6) is -0.276. The minimum atomic E-state index is -0.688. The van der Waals surface area contributed by atoms with Crippen LogP contribution < -0.4 is 16.4 Å². The lowest BCUT2D eigenvalue weighted by atomic mass is 10.2. The molecule has 6 heteroatoms. The van der Waals surface area contributed by atoms with Gasteiger partial charge in [-0.25, -0.2) is 0 Å². The molecule has 1 atom stereocenters. The fraction of sp³-hybridized carbons (Fsp3) is 0.467. The van der Waals surface area contributed by atoms with Crippen molar-refractivity contribution in [2.75, 3.05) is 17.2 Å². The van der Waals surface area contributed by atoms with Gasteiger partial charge < -0.3 is 21.1 Å². The molecule has 4 N–H and O–H groups in total. The summed E-state index contributed by atoms with van der Waals surface area (Å²) in [6.07, 6.45) is 2.79. The Balaban J connectivity index is 1.56. The number of benzene rings is 1. The van der Waals surface area contributed by atoms with Crippen molar-refractivity contribution in [2.45, 2.75) is 37.3 Å². The van der Waals surface area contributed by atoms with Crippen LogP contribution in [0.4, 0.5) is 11.4 Å². The summed E-state index contributed by atoms with van der Waals surface area (Å²) in [5, 5.41) is 5.58. The van der Waals surface area contributed by atoms with Crippen molar-refractivity contribution in [1.82, 2.24) is 0 Å². The Morgan fingerprint density at radius 1 is 1.14 bits per heavy atom. The topological polar surface area (TPSA) is 93.5 Å². The van der Waals surface area contributed by atoms with Crippen LogP contribution in [0.1, 0.15) is 25.7 Å². The third-order valence-electron chi connectivity index (χ3n) is 3.87. The normalized spacial score (nSPS) is 22.6. The number of hydrogen-bond donors (Lipinski definition) is 3. The highest BCUT2D eigenvalue weighted by molar-refractivity contribution is 6.00. The monoisotopic (exact) mass is 289 g/mol. The Morgan fingerprint density at radius 3 is 2.29 bits per heavy atom. The second-order valence-corrected chi connectivity index (χ2v) is 5.68. The number of anilines is 2. The van der Waals surface area contributed by atoms with E-state index in [1.807, 2.05) is 0 Å². The van der Waals surface area contributed by atoms with Gasteiger partial charge in [0.05, 0.1) is 5.54 Å². The van der Waals surface area contributed by atoms with Crippen molar-refractivity contribution in [1.29, 1.82) is 0 Å². The van der Waals surface area contributed by atoms with Gasteiger partial charge in [-0.15, -0.1) is 0 Å². The summed E-state index contributed by atoms with van der Waals surface area (Å²) >= 11 is 0. The lowest BCUT2D eigenvalue weighted by Gasteiger charge is -2.12. The van der Waals surface area contributed by atoms with Crippen LogP contribution in [-0.4, -0.2) is 30.1 Å². The first kappa shape index (κ1) is 14.0. The van der Waals surface area contributed by atoms with Crippen molar-refractivity contribution in [3.8, 4) is 0 Å². The standard InChI is InChI=1S/C15H19N3O3/c16-15(7-8-15)14(20)18-11-5-3-10(4-6-11)17-13(19)12-2-1-9-21-12/h3-6,12H,1-2,7-9,16H2,(H,17,19)(H,18,20). The molecular weight excluding hydrogens is 270 g/mol. The maximum absolute atomic E-state index is 11.9. The molecule has 0 radical (unpaired) electrons. The first-order chi connectivity index (χ1) is 10.1. The molecule has 6 nitrogen and oxygen atoms in total. The van der Waals surface area contributed by atoms with E-state index < -0.39 is 5.54 Å². The SMILES string of the molecule is NC1(C(=O)Nc2ccc(NC(=O)C3CCCO3)cc2)CC1. The van der Waals surface area contributed by atoms with Crippen LogP contribution in [0, 0.1) is 0 Å². The summed E-state index contributed by atoms with van der Waals surface area (Å²) < 4.78 is 5.32. The number of carbonyl (C=O) groups is 2. The average molecular weight is 289 g/mol. The molecule has 0 aromatic heterocycles. The van der Waals surface area contributed by atoms with Gasteiger partial charge in [0.2, 0.25) is 5.91 Å². The lowest BCUT2D eigenvalue weighted by Crippen LogP contribution is -2.37. The first-order valence-corrected chi connectivity index (χ1v) is 7.20. The van der Waals surface area contributed by atoms with Gasteiger partial charge in [-0.3, -0.25) is 9.59 Å². The molecule has 1 unspecified atom stereocenters. The molecule has 1 heterocycles. The highest BCUT2D eigenvalue weighted by Gasteiger charge is 2.45. The highest BCUT2D eigenvalue weighted by Crippen LogP contribution is 2.33. The second kappa shape index (κ2) is 5.46. The van der Waals surface area contributed by atoms with Crippen molar-refractivity contribution in [2.24, 2.45) is 5.73 Å². The highest BCUT2D eigenvalue weighted by atomic mass is 16.5. The molecule has 1 aliphatic heterocycles. The largest absolute Gasteiger partial charge is 0.368 e. The molecular formula is C15H19N3O3. The molecule has 112 valence electrons. The quantitative estimate of drug-likeness (QED) is 0.777. The maximum atomic E-state index is 11.9. The number of hydrogen-bond acceptors (Lipinski definition) is 4. The third-order valence-corrected chi connectivity index (χ3v) is 3.87. The van der Waals surface area contributed by atoms with E-state index in [-0.39, 0.29) is 17.9 Å². The molecule has 1 aromatic rings. The number of nitrogens with one attached hydrogen (secondary N) is 2. The Kier molecular flexibility index (Phi) is 3.65. The Hall–Kier alpha value is -1.92. The van der Waals surface area contributed by atoms with E-state index >= 15 is 0 Å². The van der Waals surface area contributed by atoms with E-state index in [1.165, 1.54) is 0 Å². The number of carbonyl (C=O) groups excluding carboxylic acids is 2. The Bertz CT molecular complexity index is 546. The van der Waals surface area contributed by atoms with E-state index in [4.69, 9.17) is 10.5 Å². The van der Waals surface area contributed by atoms with Crippen LogP contribution in [0.25, 0.3) is 0 Å². The van der Waals surface area contributed by atoms with E-state index in [0.29, 0.717) is 18.0 Å². The summed E-state index contributed by atoms with van der Waals surface area (Å²) in [5.41, 5.74) is 6.49. The van der Waals surface area contributed by atoms with Gasteiger partial charge in [0.1, 0.15) is 6.10 Å². The van der Waals surface area contributed by atoms with Gasteiger partial charge in [0, 0.05) is 18.0 Å². The van der Waals surface area contributed by atoms with Crippen molar-refractivity contribution in [3.63, 3.8) is 0 Å². The zero-order valence-electron chi connectivity index (χ0n) is 11.7. The summed E-state index contributed by atoms with van der Waals surface area (Å²) in [4.78, 5) is 23.7. The summed E-state index contributed by atoms with van der Waals surface area (Å²) in [6.45, 7) is 0.643.